The molecule has 0 spiro atoms. The van der Waals surface area contributed by atoms with E-state index in [2.05, 4.69) is 27.9 Å². The van der Waals surface area contributed by atoms with Gasteiger partial charge in [0.2, 0.25) is 0 Å². The summed E-state index contributed by atoms with van der Waals surface area (Å²) in [5.74, 6) is -1.33. The molecule has 0 unspecified atom stereocenters. The van der Waals surface area contributed by atoms with Crippen molar-refractivity contribution in [1.29, 1.82) is 0 Å². The largest absolute Gasteiger partial charge is 0.490 e. The third-order valence-electron chi connectivity index (χ3n) is 5.28. The number of nitrogens with one attached hydrogen (secondary N) is 1. The van der Waals surface area contributed by atoms with Crippen LogP contribution in [0.3, 0.4) is 0 Å². The molecule has 7 nitrogen and oxygen atoms in total. The number of ether oxygens (including phenoxy) is 2. The molecule has 184 valence electrons. The second-order valence-electron chi connectivity index (χ2n) is 7.98. The molecule has 3 aromatic carbocycles. The van der Waals surface area contributed by atoms with Crippen LogP contribution >= 0.6 is 22.6 Å². The van der Waals surface area contributed by atoms with E-state index in [-0.39, 0.29) is 11.3 Å². The van der Waals surface area contributed by atoms with Crippen LogP contribution in [-0.2, 0) is 16.2 Å². The maximum Gasteiger partial charge on any atom is 0.335 e. The molecule has 36 heavy (non-hydrogen) atoms. The van der Waals surface area contributed by atoms with E-state index < -0.39 is 23.7 Å². The van der Waals surface area contributed by atoms with Crippen molar-refractivity contribution in [2.75, 3.05) is 11.5 Å². The van der Waals surface area contributed by atoms with E-state index in [0.29, 0.717) is 33.8 Å². The van der Waals surface area contributed by atoms with Crippen molar-refractivity contribution < 1.29 is 28.2 Å². The second-order valence-corrected chi connectivity index (χ2v) is 9.14. The molecule has 0 atom stereocenters. The summed E-state index contributed by atoms with van der Waals surface area (Å²) in [6, 6.07) is 15.4. The summed E-state index contributed by atoms with van der Waals surface area (Å²) in [4.78, 5) is 38.7. The molecule has 1 N–H and O–H groups in total. The maximum atomic E-state index is 13.7. The van der Waals surface area contributed by atoms with Crippen LogP contribution in [0.4, 0.5) is 14.9 Å². The fraction of sp³-hybridized carbons (Fsp3) is 0.148. The first-order valence-electron chi connectivity index (χ1n) is 11.1. The molecule has 4 rings (SSSR count). The molecule has 1 saturated heterocycles. The Morgan fingerprint density at radius 3 is 2.53 bits per heavy atom. The van der Waals surface area contributed by atoms with Crippen LogP contribution < -0.4 is 19.7 Å². The zero-order valence-electron chi connectivity index (χ0n) is 19.5. The summed E-state index contributed by atoms with van der Waals surface area (Å²) in [6.45, 7) is 4.55. The van der Waals surface area contributed by atoms with Crippen molar-refractivity contribution in [3.63, 3.8) is 0 Å². The highest BCUT2D eigenvalue weighted by atomic mass is 127. The Balaban J connectivity index is 1.66. The highest BCUT2D eigenvalue weighted by Crippen LogP contribution is 2.36. The van der Waals surface area contributed by atoms with Gasteiger partial charge in [-0.05, 0) is 84.0 Å². The number of rotatable bonds is 7. The van der Waals surface area contributed by atoms with E-state index in [1.165, 1.54) is 24.3 Å². The predicted octanol–water partition coefficient (Wildman–Crippen LogP) is 5.38. The van der Waals surface area contributed by atoms with Crippen molar-refractivity contribution in [2.24, 2.45) is 0 Å². The summed E-state index contributed by atoms with van der Waals surface area (Å²) in [7, 11) is 0. The third-order valence-corrected chi connectivity index (χ3v) is 6.08. The lowest BCUT2D eigenvalue weighted by atomic mass is 10.1. The number of aryl methyl sites for hydroxylation is 1. The van der Waals surface area contributed by atoms with E-state index in [4.69, 9.17) is 9.47 Å². The Hall–Kier alpha value is -3.73. The molecule has 3 aromatic rings. The Morgan fingerprint density at radius 1 is 1.03 bits per heavy atom. The molecule has 1 heterocycles. The number of hydrogen-bond acceptors (Lipinski definition) is 5. The number of nitrogens with zero attached hydrogens (tertiary/aromatic N) is 1. The number of amides is 4. The summed E-state index contributed by atoms with van der Waals surface area (Å²) in [6.07, 6.45) is 1.37. The number of urea groups is 1. The Bertz CT molecular complexity index is 1390. The second kappa shape index (κ2) is 10.9. The van der Waals surface area contributed by atoms with Gasteiger partial charge in [0, 0.05) is 0 Å². The molecule has 1 fully saturated rings. The number of hydrogen-bond donors (Lipinski definition) is 1. The third kappa shape index (κ3) is 5.56. The predicted molar refractivity (Wildman–Crippen MR) is 141 cm³/mol. The average molecular weight is 600 g/mol. The molecule has 0 saturated carbocycles. The molecule has 1 aliphatic rings. The summed E-state index contributed by atoms with van der Waals surface area (Å²) < 4.78 is 26.3. The summed E-state index contributed by atoms with van der Waals surface area (Å²) in [5, 5.41) is 2.14. The minimum Gasteiger partial charge on any atom is -0.490 e. The minimum absolute atomic E-state index is 0.0142. The van der Waals surface area contributed by atoms with Gasteiger partial charge in [-0.2, -0.15) is 0 Å². The quantitative estimate of drug-likeness (QED) is 0.224. The van der Waals surface area contributed by atoms with E-state index in [1.54, 1.807) is 12.1 Å². The van der Waals surface area contributed by atoms with Gasteiger partial charge < -0.3 is 9.47 Å². The van der Waals surface area contributed by atoms with Crippen LogP contribution in [0.1, 0.15) is 23.6 Å². The lowest BCUT2D eigenvalue weighted by Crippen LogP contribution is -2.54. The van der Waals surface area contributed by atoms with Crippen LogP contribution in [0.15, 0.2) is 66.2 Å². The van der Waals surface area contributed by atoms with Crippen molar-refractivity contribution >= 4 is 52.2 Å². The molecule has 4 amide bonds. The molecule has 0 bridgehead atoms. The van der Waals surface area contributed by atoms with E-state index in [0.717, 1.165) is 22.1 Å². The normalized spacial score (nSPS) is 14.7. The Morgan fingerprint density at radius 2 is 1.81 bits per heavy atom. The zero-order valence-corrected chi connectivity index (χ0v) is 21.7. The number of benzene rings is 3. The van der Waals surface area contributed by atoms with Gasteiger partial charge in [0.25, 0.3) is 11.8 Å². The highest BCUT2D eigenvalue weighted by molar-refractivity contribution is 14.1. The first kappa shape index (κ1) is 25.4. The monoisotopic (exact) mass is 600 g/mol. The van der Waals surface area contributed by atoms with Crippen LogP contribution in [0.25, 0.3) is 6.08 Å². The van der Waals surface area contributed by atoms with Crippen LogP contribution in [0, 0.1) is 16.3 Å². The van der Waals surface area contributed by atoms with Crippen molar-refractivity contribution in [2.45, 2.75) is 20.5 Å². The van der Waals surface area contributed by atoms with Crippen LogP contribution in [-0.4, -0.2) is 24.5 Å². The number of carbonyl (C=O) groups is 3. The van der Waals surface area contributed by atoms with Gasteiger partial charge in [0.05, 0.1) is 15.9 Å². The van der Waals surface area contributed by atoms with Crippen LogP contribution in [0.5, 0.6) is 11.5 Å². The van der Waals surface area contributed by atoms with Gasteiger partial charge in [0.1, 0.15) is 18.0 Å². The average Bonchev–Trinajstić information content (AvgIpc) is 2.81. The fourth-order valence-corrected chi connectivity index (χ4v) is 4.49. The summed E-state index contributed by atoms with van der Waals surface area (Å²) >= 11 is 2.10. The van der Waals surface area contributed by atoms with E-state index in [1.807, 2.05) is 38.1 Å². The first-order chi connectivity index (χ1) is 17.3. The standard InChI is InChI=1S/C27H22FIN2O5/c1-3-35-23-13-18(12-22(29)24(23)36-15-17-7-4-6-16(2)10-17)11-21-25(32)30-27(34)31(26(21)33)20-9-5-8-19(28)14-20/h4-14H,3,15H2,1-2H3,(H,30,32,34)/b21-11+. The van der Waals surface area contributed by atoms with Crippen molar-refractivity contribution in [3.05, 3.63) is 92.3 Å². The highest BCUT2D eigenvalue weighted by Gasteiger charge is 2.37. The first-order valence-corrected chi connectivity index (χ1v) is 12.2. The molecule has 0 radical (unpaired) electrons. The topological polar surface area (TPSA) is 84.9 Å². The van der Waals surface area contributed by atoms with Gasteiger partial charge in [-0.1, -0.05) is 35.9 Å². The lowest BCUT2D eigenvalue weighted by Gasteiger charge is -2.26. The fourth-order valence-electron chi connectivity index (χ4n) is 3.71. The van der Waals surface area contributed by atoms with Gasteiger partial charge >= 0.3 is 6.03 Å². The van der Waals surface area contributed by atoms with Gasteiger partial charge in [0.15, 0.2) is 11.5 Å². The maximum absolute atomic E-state index is 13.7. The van der Waals surface area contributed by atoms with Gasteiger partial charge in [-0.15, -0.1) is 0 Å². The smallest absolute Gasteiger partial charge is 0.335 e. The SMILES string of the molecule is CCOc1cc(/C=C2\C(=O)NC(=O)N(c3cccc(F)c3)C2=O)cc(I)c1OCc1cccc(C)c1. The van der Waals surface area contributed by atoms with Crippen molar-refractivity contribution in [3.8, 4) is 11.5 Å². The van der Waals surface area contributed by atoms with E-state index in [9.17, 15) is 18.8 Å². The zero-order chi connectivity index (χ0) is 25.8. The number of imide groups is 2. The number of barbiturate groups is 1. The molecule has 1 aliphatic heterocycles. The Labute approximate surface area is 221 Å². The Kier molecular flexibility index (Phi) is 7.68. The lowest BCUT2D eigenvalue weighted by molar-refractivity contribution is -0.122. The minimum atomic E-state index is -0.947. The number of anilines is 1. The van der Waals surface area contributed by atoms with Crippen LogP contribution in [0.2, 0.25) is 0 Å². The van der Waals surface area contributed by atoms with Crippen molar-refractivity contribution in [1.82, 2.24) is 5.32 Å². The molecule has 0 aromatic heterocycles. The van der Waals surface area contributed by atoms with E-state index >= 15 is 0 Å². The number of carbonyl (C=O) groups excluding carboxylic acids is 3. The molecular formula is C27H22FIN2O5. The van der Waals surface area contributed by atoms with Gasteiger partial charge in [-0.3, -0.25) is 14.9 Å². The van der Waals surface area contributed by atoms with Gasteiger partial charge in [-0.25, -0.2) is 14.1 Å². The molecule has 0 aliphatic carbocycles. The molecule has 9 heteroatoms. The molecular weight excluding hydrogens is 578 g/mol. The summed E-state index contributed by atoms with van der Waals surface area (Å²) in [5.41, 5.74) is 2.37. The number of halogens is 2.